The molecule has 0 aliphatic heterocycles. The van der Waals surface area contributed by atoms with Crippen LogP contribution in [0.2, 0.25) is 0 Å². The van der Waals surface area contributed by atoms with E-state index in [9.17, 15) is 5.11 Å². The summed E-state index contributed by atoms with van der Waals surface area (Å²) in [5.74, 6) is 0. The number of rotatable bonds is 1. The molecule has 0 aromatic carbocycles. The number of hydrogen-bond donors (Lipinski definition) is 1. The molecule has 13 heavy (non-hydrogen) atoms. The molecule has 1 saturated carbocycles. The highest BCUT2D eigenvalue weighted by Crippen LogP contribution is 2.42. The Morgan fingerprint density at radius 2 is 2.38 bits per heavy atom. The first-order valence-corrected chi connectivity index (χ1v) is 4.27. The Kier molecular flexibility index (Phi) is 1.78. The van der Waals surface area contributed by atoms with E-state index in [4.69, 9.17) is 5.26 Å². The maximum atomic E-state index is 9.20. The molecule has 0 spiro atoms. The molecule has 1 N–H and O–H groups in total. The van der Waals surface area contributed by atoms with Gasteiger partial charge in [0.2, 0.25) is 0 Å². The summed E-state index contributed by atoms with van der Waals surface area (Å²) in [4.78, 5) is 3.97. The first-order valence-electron chi connectivity index (χ1n) is 4.27. The molecular weight excluding hydrogens is 164 g/mol. The molecule has 0 unspecified atom stereocenters. The second-order valence-electron chi connectivity index (χ2n) is 3.50. The van der Waals surface area contributed by atoms with E-state index in [1.165, 1.54) is 0 Å². The van der Waals surface area contributed by atoms with E-state index in [1.807, 2.05) is 12.1 Å². The third-order valence-electron chi connectivity index (χ3n) is 2.60. The van der Waals surface area contributed by atoms with Gasteiger partial charge in [0.25, 0.3) is 0 Å². The van der Waals surface area contributed by atoms with Crippen LogP contribution in [0.5, 0.6) is 0 Å². The fourth-order valence-corrected chi connectivity index (χ4v) is 1.78. The van der Waals surface area contributed by atoms with Gasteiger partial charge >= 0.3 is 0 Å². The van der Waals surface area contributed by atoms with Gasteiger partial charge < -0.3 is 5.11 Å². The molecule has 3 heteroatoms. The Labute approximate surface area is 76.7 Å². The zero-order valence-electron chi connectivity index (χ0n) is 7.14. The van der Waals surface area contributed by atoms with Crippen molar-refractivity contribution in [3.05, 3.63) is 30.1 Å². The van der Waals surface area contributed by atoms with Crippen LogP contribution in [0.3, 0.4) is 0 Å². The lowest BCUT2D eigenvalue weighted by atomic mass is 9.64. The van der Waals surface area contributed by atoms with Gasteiger partial charge in [-0.15, -0.1) is 0 Å². The van der Waals surface area contributed by atoms with Crippen LogP contribution in [-0.4, -0.2) is 16.2 Å². The molecule has 1 aromatic heterocycles. The number of aliphatic hydroxyl groups is 1. The largest absolute Gasteiger partial charge is 0.393 e. The van der Waals surface area contributed by atoms with Gasteiger partial charge in [0.05, 0.1) is 17.6 Å². The van der Waals surface area contributed by atoms with E-state index in [-0.39, 0.29) is 6.10 Å². The van der Waals surface area contributed by atoms with E-state index in [0.29, 0.717) is 12.8 Å². The van der Waals surface area contributed by atoms with Crippen LogP contribution in [0.1, 0.15) is 18.4 Å². The number of hydrogen-bond acceptors (Lipinski definition) is 3. The van der Waals surface area contributed by atoms with Crippen molar-refractivity contribution >= 4 is 0 Å². The molecule has 2 rings (SSSR count). The zero-order valence-corrected chi connectivity index (χ0v) is 7.14. The summed E-state index contributed by atoms with van der Waals surface area (Å²) in [7, 11) is 0. The summed E-state index contributed by atoms with van der Waals surface area (Å²) in [6.45, 7) is 0. The topological polar surface area (TPSA) is 56.9 Å². The van der Waals surface area contributed by atoms with Gasteiger partial charge in [0, 0.05) is 12.4 Å². The minimum Gasteiger partial charge on any atom is -0.393 e. The van der Waals surface area contributed by atoms with Gasteiger partial charge in [-0.25, -0.2) is 0 Å². The molecule has 0 saturated heterocycles. The monoisotopic (exact) mass is 174 g/mol. The fraction of sp³-hybridized carbons (Fsp3) is 0.400. The van der Waals surface area contributed by atoms with Crippen molar-refractivity contribution in [3.8, 4) is 6.07 Å². The van der Waals surface area contributed by atoms with Gasteiger partial charge in [-0.3, -0.25) is 4.98 Å². The van der Waals surface area contributed by atoms with E-state index in [0.717, 1.165) is 5.56 Å². The molecule has 1 aliphatic carbocycles. The summed E-state index contributed by atoms with van der Waals surface area (Å²) in [5, 5.41) is 18.2. The average Bonchev–Trinajstić information content (AvgIpc) is 2.14. The summed E-state index contributed by atoms with van der Waals surface area (Å²) in [5.41, 5.74) is 0.441. The highest BCUT2D eigenvalue weighted by atomic mass is 16.3. The number of pyridine rings is 1. The van der Waals surface area contributed by atoms with Crippen molar-refractivity contribution in [2.24, 2.45) is 0 Å². The Morgan fingerprint density at radius 1 is 1.62 bits per heavy atom. The Bertz CT molecular complexity index is 336. The Hall–Kier alpha value is -1.40. The lowest BCUT2D eigenvalue weighted by Crippen LogP contribution is -2.43. The number of nitrogens with zero attached hydrogens (tertiary/aromatic N) is 2. The molecule has 1 aliphatic rings. The maximum absolute atomic E-state index is 9.20. The van der Waals surface area contributed by atoms with Gasteiger partial charge in [-0.1, -0.05) is 6.07 Å². The molecule has 0 radical (unpaired) electrons. The van der Waals surface area contributed by atoms with E-state index >= 15 is 0 Å². The molecule has 1 aromatic rings. The van der Waals surface area contributed by atoms with Crippen LogP contribution in [-0.2, 0) is 5.41 Å². The number of nitriles is 1. The minimum absolute atomic E-state index is 0.320. The van der Waals surface area contributed by atoms with Crippen molar-refractivity contribution in [3.63, 3.8) is 0 Å². The minimum atomic E-state index is -0.478. The standard InChI is InChI=1S/C10H10N2O/c11-7-10(4-9(13)5-10)8-2-1-3-12-6-8/h1-3,6,9,13H,4-5H2. The number of aromatic nitrogens is 1. The van der Waals surface area contributed by atoms with Crippen LogP contribution >= 0.6 is 0 Å². The average molecular weight is 174 g/mol. The summed E-state index contributed by atoms with van der Waals surface area (Å²) in [6, 6.07) is 5.97. The van der Waals surface area contributed by atoms with Crippen molar-refractivity contribution in [2.75, 3.05) is 0 Å². The predicted octanol–water partition coefficient (Wildman–Crippen LogP) is 0.998. The second kappa shape index (κ2) is 2.82. The first kappa shape index (κ1) is 8.21. The van der Waals surface area contributed by atoms with Crippen molar-refractivity contribution in [1.29, 1.82) is 5.26 Å². The molecule has 0 amide bonds. The van der Waals surface area contributed by atoms with E-state index in [2.05, 4.69) is 11.1 Å². The zero-order chi connectivity index (χ0) is 9.31. The molecule has 0 bridgehead atoms. The summed E-state index contributed by atoms with van der Waals surface area (Å²) >= 11 is 0. The summed E-state index contributed by atoms with van der Waals surface area (Å²) < 4.78 is 0. The molecule has 1 heterocycles. The van der Waals surface area contributed by atoms with Crippen molar-refractivity contribution < 1.29 is 5.11 Å². The SMILES string of the molecule is N#CC1(c2cccnc2)CC(O)C1. The third kappa shape index (κ3) is 1.20. The van der Waals surface area contributed by atoms with Crippen LogP contribution in [0.25, 0.3) is 0 Å². The number of aliphatic hydroxyl groups excluding tert-OH is 1. The molecule has 0 atom stereocenters. The quantitative estimate of drug-likeness (QED) is 0.691. The fourth-order valence-electron chi connectivity index (χ4n) is 1.78. The molecule has 3 nitrogen and oxygen atoms in total. The molecular formula is C10H10N2O. The summed E-state index contributed by atoms with van der Waals surface area (Å²) in [6.07, 6.45) is 4.14. The Balaban J connectivity index is 2.31. The first-order chi connectivity index (χ1) is 6.27. The maximum Gasteiger partial charge on any atom is 0.0886 e. The highest BCUT2D eigenvalue weighted by Gasteiger charge is 2.45. The normalized spacial score (nSPS) is 31.8. The van der Waals surface area contributed by atoms with Crippen LogP contribution in [0, 0.1) is 11.3 Å². The third-order valence-corrected chi connectivity index (χ3v) is 2.60. The van der Waals surface area contributed by atoms with Gasteiger partial charge in [0.1, 0.15) is 0 Å². The highest BCUT2D eigenvalue weighted by molar-refractivity contribution is 5.34. The molecule has 66 valence electrons. The van der Waals surface area contributed by atoms with Crippen molar-refractivity contribution in [1.82, 2.24) is 4.98 Å². The van der Waals surface area contributed by atoms with E-state index < -0.39 is 5.41 Å². The lowest BCUT2D eigenvalue weighted by Gasteiger charge is -2.39. The smallest absolute Gasteiger partial charge is 0.0886 e. The van der Waals surface area contributed by atoms with Gasteiger partial charge in [-0.2, -0.15) is 5.26 Å². The second-order valence-corrected chi connectivity index (χ2v) is 3.50. The lowest BCUT2D eigenvalue weighted by molar-refractivity contribution is 0.0446. The van der Waals surface area contributed by atoms with E-state index in [1.54, 1.807) is 12.4 Å². The molecule has 1 fully saturated rings. The van der Waals surface area contributed by atoms with Gasteiger partial charge in [0.15, 0.2) is 0 Å². The van der Waals surface area contributed by atoms with Crippen LogP contribution in [0.15, 0.2) is 24.5 Å². The van der Waals surface area contributed by atoms with Crippen LogP contribution in [0.4, 0.5) is 0 Å². The van der Waals surface area contributed by atoms with Crippen molar-refractivity contribution in [2.45, 2.75) is 24.4 Å². The predicted molar refractivity (Wildman–Crippen MR) is 46.8 cm³/mol. The Morgan fingerprint density at radius 3 is 2.85 bits per heavy atom. The van der Waals surface area contributed by atoms with Crippen LogP contribution < -0.4 is 0 Å². The van der Waals surface area contributed by atoms with Gasteiger partial charge in [-0.05, 0) is 24.5 Å².